The molecule has 0 aromatic rings. The van der Waals surface area contributed by atoms with Crippen LogP contribution in [0.1, 0.15) is 390 Å². The summed E-state index contributed by atoms with van der Waals surface area (Å²) in [6.07, 6.45) is 54.6. The average molecular weight is 2240 g/mol. The van der Waals surface area contributed by atoms with Crippen molar-refractivity contribution in [3.8, 4) is 0 Å². The van der Waals surface area contributed by atoms with Crippen LogP contribution in [0.4, 0.5) is 0 Å². The highest BCUT2D eigenvalue weighted by molar-refractivity contribution is 8.00. The fourth-order valence-corrected chi connectivity index (χ4v) is 22.6. The molecule has 0 aliphatic rings. The fraction of sp³-hybridized carbons (Fsp3) is 0.897. The van der Waals surface area contributed by atoms with E-state index in [1.165, 1.54) is 249 Å². The maximum Gasteiger partial charge on any atom is 0.309 e. The van der Waals surface area contributed by atoms with Crippen LogP contribution in [0.5, 0.6) is 0 Å². The first kappa shape index (κ1) is 146. The van der Waals surface area contributed by atoms with Crippen molar-refractivity contribution < 1.29 is 110 Å². The largest absolute Gasteiger partial charge is 0.466 e. The minimum atomic E-state index is -0.468. The van der Waals surface area contributed by atoms with Gasteiger partial charge in [-0.25, -0.2) is 0 Å². The van der Waals surface area contributed by atoms with Gasteiger partial charge in [0.25, 0.3) is 0 Å². The van der Waals surface area contributed by atoms with Crippen molar-refractivity contribution in [1.29, 1.82) is 0 Å². The van der Waals surface area contributed by atoms with Crippen LogP contribution in [-0.4, -0.2) is 337 Å². The Bertz CT molecular complexity index is 2950. The fourth-order valence-electron chi connectivity index (χ4n) is 16.2. The second kappa shape index (κ2) is 108. The van der Waals surface area contributed by atoms with E-state index in [1.54, 1.807) is 60.9 Å². The van der Waals surface area contributed by atoms with Crippen LogP contribution in [-0.2, 0) is 110 Å². The Labute approximate surface area is 936 Å². The number of rotatable bonds is 113. The molecule has 0 saturated carbocycles. The summed E-state index contributed by atoms with van der Waals surface area (Å²) in [5, 5.41) is 0. The molecule has 0 rings (SSSR count). The molecule has 0 saturated heterocycles. The predicted molar refractivity (Wildman–Crippen MR) is 623 cm³/mol. The van der Waals surface area contributed by atoms with E-state index in [4.69, 9.17) is 52.1 Å². The zero-order chi connectivity index (χ0) is 110. The van der Waals surface area contributed by atoms with E-state index >= 15 is 0 Å². The molecular formula is C116H215N5O23S6. The number of hydrogen-bond donors (Lipinski definition) is 0. The summed E-state index contributed by atoms with van der Waals surface area (Å²) < 4.78 is 60.1. The summed E-state index contributed by atoms with van der Waals surface area (Å²) in [7, 11) is 5.99. The minimum Gasteiger partial charge on any atom is -0.466 e. The molecule has 0 spiro atoms. The molecular weight excluding hydrogens is 2020 g/mol. The molecule has 0 radical (unpaired) electrons. The van der Waals surface area contributed by atoms with Crippen molar-refractivity contribution in [3.63, 3.8) is 0 Å². The minimum absolute atomic E-state index is 0.0293. The first-order valence-electron chi connectivity index (χ1n) is 58.9. The molecule has 0 amide bonds. The van der Waals surface area contributed by atoms with E-state index in [2.05, 4.69) is 49.4 Å². The Balaban J connectivity index is 4.93. The van der Waals surface area contributed by atoms with Gasteiger partial charge in [-0.1, -0.05) is 300 Å². The number of unbranched alkanes of at least 4 members (excludes halogenated alkanes) is 36. The Hall–Kier alpha value is -4.26. The number of ether oxygens (including phenoxy) is 11. The Morgan fingerprint density at radius 1 is 0.180 bits per heavy atom. The topological polar surface area (TPSA) is 323 Å². The number of nitrogens with zero attached hydrogens (tertiary/aromatic N) is 5. The van der Waals surface area contributed by atoms with Gasteiger partial charge in [0, 0.05) is 111 Å². The van der Waals surface area contributed by atoms with E-state index < -0.39 is 41.7 Å². The molecule has 0 aromatic carbocycles. The second-order valence-electron chi connectivity index (χ2n) is 41.1. The van der Waals surface area contributed by atoms with Crippen molar-refractivity contribution in [2.45, 2.75) is 390 Å². The zero-order valence-electron chi connectivity index (χ0n) is 96.6. The quantitative estimate of drug-likeness (QED) is 0.0310. The molecule has 6 atom stereocenters. The maximum atomic E-state index is 13.0. The third-order valence-electron chi connectivity index (χ3n) is 26.3. The van der Waals surface area contributed by atoms with Gasteiger partial charge in [-0.2, -0.15) is 70.6 Å². The predicted octanol–water partition coefficient (Wildman–Crippen LogP) is 23.7. The van der Waals surface area contributed by atoms with Gasteiger partial charge in [-0.3, -0.25) is 57.5 Å². The standard InChI is InChI=1S/C116H215N5O23S6/c1-14-18-22-26-30-34-38-42-46-50-87-145-93-99(5)105(122)57-54-76-134-108(125)60-70-120(71-61-109(126)137-79-84-140-112(129)100(6)94-146-88-51-47-43-39-35-31-27-23-19-15-2)74-91-149-97-103(9)115(132)143-82-77-135-106(123)58-68-118(12)66-55-64-117(11)65-56-67-119(13)69-59-107(124)136-78-83-144-116(133)104(10)98-150-92-75-121(72-62-110(127)138-80-85-141-113(130)101(7)95-147-89-52-48-44-40-36-32-28-24-20-16-3)73-63-111(128)139-81-86-142-114(131)102(8)96-148-90-53-49-45-41-37-33-29-25-21-17-4/h99-104H,14-98H2,1-13H3. The van der Waals surface area contributed by atoms with Crippen molar-refractivity contribution in [3.05, 3.63) is 0 Å². The molecule has 6 unspecified atom stereocenters. The molecule has 0 heterocycles. The number of hydrogen-bond acceptors (Lipinski definition) is 34. The molecule has 878 valence electrons. The van der Waals surface area contributed by atoms with Gasteiger partial charge in [0.1, 0.15) is 71.9 Å². The smallest absolute Gasteiger partial charge is 0.309 e. The van der Waals surface area contributed by atoms with Gasteiger partial charge in [-0.05, 0) is 115 Å². The van der Waals surface area contributed by atoms with E-state index in [0.29, 0.717) is 92.4 Å². The summed E-state index contributed by atoms with van der Waals surface area (Å²) in [4.78, 5) is 165. The van der Waals surface area contributed by atoms with Crippen LogP contribution in [0.2, 0.25) is 0 Å². The van der Waals surface area contributed by atoms with Crippen LogP contribution >= 0.6 is 70.6 Å². The summed E-state index contributed by atoms with van der Waals surface area (Å²) in [5.74, 6) is 3.06. The Kier molecular flexibility index (Phi) is 105. The number of ketones is 1. The molecule has 0 aliphatic carbocycles. The van der Waals surface area contributed by atoms with E-state index in [1.807, 2.05) is 63.4 Å². The normalized spacial score (nSPS) is 12.8. The number of carbonyl (C=O) groups is 12. The number of carbonyl (C=O) groups excluding carboxylic acids is 12. The summed E-state index contributed by atoms with van der Waals surface area (Å²) in [5.41, 5.74) is 0. The van der Waals surface area contributed by atoms with Crippen molar-refractivity contribution in [2.24, 2.45) is 35.5 Å². The Morgan fingerprint density at radius 2 is 0.360 bits per heavy atom. The van der Waals surface area contributed by atoms with Crippen LogP contribution in [0.3, 0.4) is 0 Å². The molecule has 0 N–H and O–H groups in total. The lowest BCUT2D eigenvalue weighted by Gasteiger charge is -2.22. The highest BCUT2D eigenvalue weighted by Crippen LogP contribution is 2.24. The van der Waals surface area contributed by atoms with Crippen LogP contribution in [0.25, 0.3) is 0 Å². The SMILES string of the molecule is CCCCCCCCCCCCSCC(C)C(=O)CCCOC(=O)CCN(CCSCC(C)C(=O)OCCOC(=O)CCN(C)CCCN(C)CCCN(C)CCC(=O)OCCOC(=O)C(C)CSCCN(CCC(=O)OCCOC(=O)C(C)CSCCCCCCCCCCCC)CCC(=O)OCCOC(=O)C(C)CSCCCCCCCCCCCC)CCC(=O)OCCOC(=O)C(C)CSCCCCCCCCCCCC. The number of thioether (sulfide) groups is 6. The van der Waals surface area contributed by atoms with Gasteiger partial charge in [-0.15, -0.1) is 0 Å². The Morgan fingerprint density at radius 3 is 0.587 bits per heavy atom. The van der Waals surface area contributed by atoms with Gasteiger partial charge >= 0.3 is 65.7 Å². The third-order valence-corrected chi connectivity index (χ3v) is 34.0. The third kappa shape index (κ3) is 97.0. The van der Waals surface area contributed by atoms with Gasteiger partial charge in [0.15, 0.2) is 0 Å². The summed E-state index contributed by atoms with van der Waals surface area (Å²) >= 11 is 10.2. The first-order chi connectivity index (χ1) is 72.6. The average Bonchev–Trinajstić information content (AvgIpc) is 1.10. The van der Waals surface area contributed by atoms with E-state index in [-0.39, 0.29) is 190 Å². The molecule has 0 bridgehead atoms. The lowest BCUT2D eigenvalue weighted by atomic mass is 10.0. The maximum absolute atomic E-state index is 13.0. The van der Waals surface area contributed by atoms with Crippen LogP contribution in [0.15, 0.2) is 0 Å². The number of esters is 11. The highest BCUT2D eigenvalue weighted by atomic mass is 32.2. The van der Waals surface area contributed by atoms with Crippen molar-refractivity contribution >= 4 is 142 Å². The first-order valence-corrected chi connectivity index (χ1v) is 65.8. The molecule has 0 fully saturated rings. The molecule has 0 aromatic heterocycles. The van der Waals surface area contributed by atoms with Crippen molar-refractivity contribution in [2.75, 3.05) is 241 Å². The molecule has 34 heteroatoms. The molecule has 28 nitrogen and oxygen atoms in total. The monoisotopic (exact) mass is 2240 g/mol. The zero-order valence-corrected chi connectivity index (χ0v) is 102. The van der Waals surface area contributed by atoms with E-state index in [9.17, 15) is 57.5 Å². The van der Waals surface area contributed by atoms with Crippen LogP contribution in [0, 0.1) is 35.5 Å². The summed E-state index contributed by atoms with van der Waals surface area (Å²) in [6.45, 7) is 26.1. The van der Waals surface area contributed by atoms with E-state index in [0.717, 1.165) is 87.0 Å². The van der Waals surface area contributed by atoms with Crippen molar-refractivity contribution in [1.82, 2.24) is 24.5 Å². The van der Waals surface area contributed by atoms with Gasteiger partial charge in [0.2, 0.25) is 0 Å². The van der Waals surface area contributed by atoms with Crippen LogP contribution < -0.4 is 0 Å². The lowest BCUT2D eigenvalue weighted by molar-refractivity contribution is -0.154. The van der Waals surface area contributed by atoms with Gasteiger partial charge in [0.05, 0.1) is 74.7 Å². The number of Topliss-reactive ketones (excluding diaryl/α,β-unsaturated/α-hetero) is 1. The molecule has 150 heavy (non-hydrogen) atoms. The molecule has 0 aliphatic heterocycles. The summed E-state index contributed by atoms with van der Waals surface area (Å²) in [6, 6.07) is 0. The second-order valence-corrected chi connectivity index (χ2v) is 48.0. The lowest BCUT2D eigenvalue weighted by Crippen LogP contribution is -2.32. The highest BCUT2D eigenvalue weighted by Gasteiger charge is 2.25. The van der Waals surface area contributed by atoms with Gasteiger partial charge < -0.3 is 76.6 Å².